The second kappa shape index (κ2) is 4.47. The van der Waals surface area contributed by atoms with E-state index in [4.69, 9.17) is 0 Å². The van der Waals surface area contributed by atoms with Gasteiger partial charge < -0.3 is 5.92 Å². The summed E-state index contributed by atoms with van der Waals surface area (Å²) in [5.41, 5.74) is 0.682. The molecule has 1 radical (unpaired) electrons. The zero-order valence-electron chi connectivity index (χ0n) is 8.74. The normalized spacial score (nSPS) is 28.7. The number of hydrogen-bond donors (Lipinski definition) is 0. The van der Waals surface area contributed by atoms with Gasteiger partial charge in [-0.25, -0.2) is 0 Å². The molecular weight excluding hydrogens is 535 g/mol. The maximum atomic E-state index is 2.50. The van der Waals surface area contributed by atoms with E-state index in [1.807, 2.05) is 0 Å². The summed E-state index contributed by atoms with van der Waals surface area (Å²) in [6.45, 7) is 4.90. The molecule has 3 heteroatoms. The first-order valence-corrected chi connectivity index (χ1v) is 6.39. The van der Waals surface area contributed by atoms with Crippen LogP contribution in [0.3, 0.4) is 0 Å². The number of nitrogens with zero attached hydrogens (tertiary/aromatic N) is 1. The zero-order valence-corrected chi connectivity index (χ0v) is 13.0. The van der Waals surface area contributed by atoms with Crippen LogP contribution >= 0.6 is 22.9 Å². The molecule has 1 heterocycles. The van der Waals surface area contributed by atoms with Crippen molar-refractivity contribution in [2.75, 3.05) is 13.1 Å². The number of rotatable bonds is 0. The smallest absolute Gasteiger partial charge is 0.0175 e. The molecule has 1 nitrogen and oxygen atoms in total. The fourth-order valence-corrected chi connectivity index (χ4v) is 4.41. The van der Waals surface area contributed by atoms with Crippen LogP contribution in [-0.2, 0) is 0 Å². The van der Waals surface area contributed by atoms with E-state index >= 15 is 0 Å². The first-order valence-electron chi connectivity index (χ1n) is 5.42. The first kappa shape index (κ1) is 11.8. The predicted molar refractivity (Wildman–Crippen MR) is 64.6 cm³/mol. The molecule has 2 rings (SSSR count). The van der Waals surface area contributed by atoms with Gasteiger partial charge in [0.1, 0.15) is 0 Å². The van der Waals surface area contributed by atoms with Crippen LogP contribution in [0.1, 0.15) is 45.4 Å². The van der Waals surface area contributed by atoms with Gasteiger partial charge in [-0.1, -0.05) is 19.3 Å². The molecule has 0 amide bonds. The zero-order chi connectivity index (χ0) is 9.31. The Morgan fingerprint density at radius 3 is 2.43 bits per heavy atom. The largest absolute Gasteiger partial charge is 0.302 e. The average Bonchev–Trinajstić information content (AvgIpc) is 2.02. The van der Waals surface area contributed by atoms with Crippen LogP contribution in [0.4, 0.5) is 0 Å². The van der Waals surface area contributed by atoms with Gasteiger partial charge in [0.15, 0.2) is 0 Å². The summed E-state index contributed by atoms with van der Waals surface area (Å²) in [6.07, 6.45) is 8.78. The molecule has 0 aromatic rings. The molecule has 0 aromatic heterocycles. The van der Waals surface area contributed by atoms with Gasteiger partial charge in [0.05, 0.1) is 0 Å². The molecule has 0 atom stereocenters. The van der Waals surface area contributed by atoms with E-state index in [1.54, 1.807) is 5.92 Å². The fourth-order valence-electron chi connectivity index (χ4n) is 3.10. The monoisotopic (exact) mass is 554 g/mol. The Balaban J connectivity index is 0.000000980. The van der Waals surface area contributed by atoms with Gasteiger partial charge in [0.2, 0.25) is 0 Å². The van der Waals surface area contributed by atoms with Crippen LogP contribution in [0.5, 0.6) is 0 Å². The molecule has 2 aliphatic rings. The van der Waals surface area contributed by atoms with E-state index in [2.05, 4.69) is 32.9 Å². The van der Waals surface area contributed by atoms with Crippen LogP contribution in [0.2, 0.25) is 0 Å². The predicted octanol–water partition coefficient (Wildman–Crippen LogP) is 3.59. The maximum Gasteiger partial charge on any atom is 0.0175 e. The second-order valence-electron chi connectivity index (χ2n) is 4.97. The van der Waals surface area contributed by atoms with E-state index < -0.39 is 0 Å². The summed E-state index contributed by atoms with van der Waals surface area (Å²) in [7, 11) is 0. The molecule has 1 spiro atoms. The minimum Gasteiger partial charge on any atom is -0.302 e. The minimum absolute atomic E-state index is 0. The molecule has 1 saturated carbocycles. The molecule has 0 N–H and O–H groups in total. The van der Waals surface area contributed by atoms with Gasteiger partial charge in [-0.3, -0.25) is 3.11 Å². The Labute approximate surface area is 95.8 Å². The maximum absolute atomic E-state index is 2.50. The topological polar surface area (TPSA) is 3.24 Å². The molecule has 1 aliphatic carbocycles. The van der Waals surface area contributed by atoms with Crippen LogP contribution in [-0.4, -0.2) is 16.2 Å². The van der Waals surface area contributed by atoms with Gasteiger partial charge in [-0.2, -0.15) is 13.3 Å². The van der Waals surface area contributed by atoms with Crippen molar-refractivity contribution in [2.24, 2.45) is 5.41 Å². The Bertz CT molecular complexity index is 168. The molecule has 0 bridgehead atoms. The Morgan fingerprint density at radius 2 is 1.86 bits per heavy atom. The van der Waals surface area contributed by atoms with Crippen LogP contribution in [0.15, 0.2) is 0 Å². The van der Waals surface area contributed by atoms with E-state index in [-0.39, 0.29) is 0 Å². The quantitative estimate of drug-likeness (QED) is 0.252. The molecule has 14 heavy (non-hydrogen) atoms. The van der Waals surface area contributed by atoms with Crippen LogP contribution in [0, 0.1) is 11.3 Å². The van der Waals surface area contributed by atoms with Crippen molar-refractivity contribution in [3.63, 3.8) is 0 Å². The van der Waals surface area contributed by atoms with Gasteiger partial charge in [-0.05, 0) is 18.3 Å². The van der Waals surface area contributed by atoms with Gasteiger partial charge in [-0.15, -0.1) is 6.54 Å². The number of piperidine rings is 1. The second-order valence-corrected chi connectivity index (χ2v) is 6.34. The molecular formula is C11H19ILrN-. The third-order valence-corrected chi connectivity index (χ3v) is 4.22. The van der Waals surface area contributed by atoms with Crippen LogP contribution < -0.4 is 0 Å². The van der Waals surface area contributed by atoms with Crippen molar-refractivity contribution in [1.82, 2.24) is 3.11 Å². The standard InChI is InChI=1S/C11H19IN.Lr/c1-10-7-11(9-13(12)8-10)5-3-2-4-6-11;/h2-9H2,1H3;/q-1;. The molecule has 1 aliphatic heterocycles. The summed E-state index contributed by atoms with van der Waals surface area (Å²) >= 11 is 2.50. The molecule has 91 valence electrons. The third-order valence-electron chi connectivity index (χ3n) is 3.54. The summed E-state index contributed by atoms with van der Waals surface area (Å²) in [4.78, 5) is 0. The van der Waals surface area contributed by atoms with Crippen molar-refractivity contribution in [3.8, 4) is 0 Å². The first-order chi connectivity index (χ1) is 6.20. The third kappa shape index (κ3) is 2.38. The minimum atomic E-state index is 0. The van der Waals surface area contributed by atoms with Gasteiger partial charge in [0.25, 0.3) is 0 Å². The van der Waals surface area contributed by atoms with Crippen molar-refractivity contribution in [2.45, 2.75) is 45.4 Å². The SMILES string of the molecule is C[C-]1CN(I)CC2(CCCCC2)C1.[Lr]. The molecule has 0 unspecified atom stereocenters. The molecule has 0 aromatic carbocycles. The Hall–Kier alpha value is -0.310. The van der Waals surface area contributed by atoms with E-state index in [0.717, 1.165) is 0 Å². The van der Waals surface area contributed by atoms with E-state index in [1.165, 1.54) is 51.6 Å². The number of hydrogen-bond acceptors (Lipinski definition) is 1. The van der Waals surface area contributed by atoms with Gasteiger partial charge in [0, 0.05) is 29.4 Å². The van der Waals surface area contributed by atoms with E-state index in [9.17, 15) is 0 Å². The van der Waals surface area contributed by atoms with Gasteiger partial charge >= 0.3 is 0 Å². The fraction of sp³-hybridized carbons (Fsp3) is 0.909. The summed E-state index contributed by atoms with van der Waals surface area (Å²) < 4.78 is 2.49. The average molecular weight is 554 g/mol. The summed E-state index contributed by atoms with van der Waals surface area (Å²) in [5.74, 6) is 1.70. The van der Waals surface area contributed by atoms with Crippen molar-refractivity contribution < 1.29 is 0 Å². The molecule has 1 saturated heterocycles. The van der Waals surface area contributed by atoms with Crippen molar-refractivity contribution >= 4 is 22.9 Å². The number of halogens is 1. The summed E-state index contributed by atoms with van der Waals surface area (Å²) in [5, 5.41) is 0. The Kier molecular flexibility index (Phi) is 3.76. The summed E-state index contributed by atoms with van der Waals surface area (Å²) in [6, 6.07) is 0. The van der Waals surface area contributed by atoms with Crippen molar-refractivity contribution in [3.05, 3.63) is 5.92 Å². The van der Waals surface area contributed by atoms with E-state index in [0.29, 0.717) is 5.41 Å². The Morgan fingerprint density at radius 1 is 1.21 bits per heavy atom. The van der Waals surface area contributed by atoms with Crippen LogP contribution in [0.25, 0.3) is 0 Å². The molecule has 2 fully saturated rings. The van der Waals surface area contributed by atoms with Crippen molar-refractivity contribution in [1.29, 1.82) is 0 Å².